The van der Waals surface area contributed by atoms with Gasteiger partial charge in [0.2, 0.25) is 0 Å². The highest BCUT2D eigenvalue weighted by molar-refractivity contribution is 14.1. The molecule has 0 radical (unpaired) electrons. The van der Waals surface area contributed by atoms with Gasteiger partial charge in [-0.05, 0) is 22.6 Å². The summed E-state index contributed by atoms with van der Waals surface area (Å²) in [6.45, 7) is 0. The molecule has 0 fully saturated rings. The third kappa shape index (κ3) is 2.89. The number of ether oxygens (including phenoxy) is 2. The van der Waals surface area contributed by atoms with E-state index in [4.69, 9.17) is 4.74 Å². The second-order valence-corrected chi connectivity index (χ2v) is 3.36. The number of hydrogen-bond donors (Lipinski definition) is 0. The van der Waals surface area contributed by atoms with Crippen molar-refractivity contribution in [1.82, 2.24) is 4.98 Å². The molecule has 0 N–H and O–H groups in total. The third-order valence-corrected chi connectivity index (χ3v) is 2.02. The van der Waals surface area contributed by atoms with E-state index < -0.39 is 12.1 Å². The van der Waals surface area contributed by atoms with Gasteiger partial charge >= 0.3 is 6.36 Å². The number of halogens is 4. The lowest BCUT2D eigenvalue weighted by molar-refractivity contribution is -0.275. The summed E-state index contributed by atoms with van der Waals surface area (Å²) in [5.41, 5.74) is 0. The van der Waals surface area contributed by atoms with Crippen molar-refractivity contribution in [1.29, 1.82) is 0 Å². The molecule has 3 nitrogen and oxygen atoms in total. The van der Waals surface area contributed by atoms with Gasteiger partial charge in [-0.2, -0.15) is 0 Å². The Labute approximate surface area is 91.4 Å². The van der Waals surface area contributed by atoms with Gasteiger partial charge in [0.15, 0.2) is 11.5 Å². The van der Waals surface area contributed by atoms with Crippen LogP contribution in [0.15, 0.2) is 12.4 Å². The molecule has 0 amide bonds. The van der Waals surface area contributed by atoms with Crippen LogP contribution in [0, 0.1) is 3.57 Å². The summed E-state index contributed by atoms with van der Waals surface area (Å²) in [5.74, 6) is -0.412. The minimum atomic E-state index is -4.74. The van der Waals surface area contributed by atoms with Gasteiger partial charge in [-0.1, -0.05) is 0 Å². The SMILES string of the molecule is COc1c(I)cncc1OC(F)(F)F. The van der Waals surface area contributed by atoms with Crippen molar-refractivity contribution in [2.75, 3.05) is 7.11 Å². The summed E-state index contributed by atoms with van der Waals surface area (Å²) in [4.78, 5) is 3.56. The quantitative estimate of drug-likeness (QED) is 0.785. The number of rotatable bonds is 2. The molecule has 0 aliphatic rings. The monoisotopic (exact) mass is 319 g/mol. The fraction of sp³-hybridized carbons (Fsp3) is 0.286. The van der Waals surface area contributed by atoms with Gasteiger partial charge in [0.1, 0.15) is 0 Å². The predicted molar refractivity (Wildman–Crippen MR) is 50.2 cm³/mol. The standard InChI is InChI=1S/C7H5F3INO2/c1-13-6-4(11)2-12-3-5(6)14-7(8,9)10/h2-3H,1H3. The molecule has 1 heterocycles. The summed E-state index contributed by atoms with van der Waals surface area (Å²) in [6, 6.07) is 0. The molecule has 0 aliphatic carbocycles. The molecule has 0 saturated carbocycles. The highest BCUT2D eigenvalue weighted by atomic mass is 127. The molecule has 78 valence electrons. The largest absolute Gasteiger partial charge is 0.573 e. The van der Waals surface area contributed by atoms with Crippen LogP contribution in [0.5, 0.6) is 11.5 Å². The molecule has 14 heavy (non-hydrogen) atoms. The van der Waals surface area contributed by atoms with Gasteiger partial charge in [0.25, 0.3) is 0 Å². The van der Waals surface area contributed by atoms with Gasteiger partial charge in [0, 0.05) is 6.20 Å². The van der Waals surface area contributed by atoms with Crippen LogP contribution < -0.4 is 9.47 Å². The summed E-state index contributed by atoms with van der Waals surface area (Å²) in [6.07, 6.45) is -2.41. The molecule has 0 aromatic carbocycles. The van der Waals surface area contributed by atoms with Crippen LogP contribution in [0.2, 0.25) is 0 Å². The average Bonchev–Trinajstić information content (AvgIpc) is 2.01. The fourth-order valence-electron chi connectivity index (χ4n) is 0.801. The van der Waals surface area contributed by atoms with Crippen molar-refractivity contribution in [3.05, 3.63) is 16.0 Å². The van der Waals surface area contributed by atoms with Gasteiger partial charge in [-0.25, -0.2) is 0 Å². The number of pyridine rings is 1. The van der Waals surface area contributed by atoms with Crippen molar-refractivity contribution in [3.63, 3.8) is 0 Å². The Morgan fingerprint density at radius 1 is 1.36 bits per heavy atom. The first-order valence-corrected chi connectivity index (χ1v) is 4.45. The van der Waals surface area contributed by atoms with Gasteiger partial charge in [-0.3, -0.25) is 4.98 Å². The third-order valence-electron chi connectivity index (χ3n) is 1.25. The lowest BCUT2D eigenvalue weighted by Crippen LogP contribution is -2.18. The molecule has 1 aromatic rings. The van der Waals surface area contributed by atoms with E-state index in [2.05, 4.69) is 9.72 Å². The van der Waals surface area contributed by atoms with E-state index in [1.807, 2.05) is 0 Å². The van der Waals surface area contributed by atoms with Gasteiger partial charge < -0.3 is 9.47 Å². The van der Waals surface area contributed by atoms with Crippen LogP contribution >= 0.6 is 22.6 Å². The molecule has 0 spiro atoms. The van der Waals surface area contributed by atoms with E-state index in [0.717, 1.165) is 6.20 Å². The van der Waals surface area contributed by atoms with Gasteiger partial charge in [-0.15, -0.1) is 13.2 Å². The molecule has 1 aromatic heterocycles. The number of hydrogen-bond acceptors (Lipinski definition) is 3. The highest BCUT2D eigenvalue weighted by Gasteiger charge is 2.33. The Morgan fingerprint density at radius 3 is 2.50 bits per heavy atom. The summed E-state index contributed by atoms with van der Waals surface area (Å²) >= 11 is 1.80. The number of methoxy groups -OCH3 is 1. The number of alkyl halides is 3. The van der Waals surface area contributed by atoms with E-state index in [0.29, 0.717) is 3.57 Å². The molecule has 0 unspecified atom stereocenters. The first-order valence-electron chi connectivity index (χ1n) is 3.37. The molecular weight excluding hydrogens is 314 g/mol. The molecular formula is C7H5F3INO2. The van der Waals surface area contributed by atoms with E-state index in [9.17, 15) is 13.2 Å². The maximum absolute atomic E-state index is 11.9. The minimum Gasteiger partial charge on any atom is -0.492 e. The Bertz CT molecular complexity index is 329. The van der Waals surface area contributed by atoms with Crippen LogP contribution in [0.4, 0.5) is 13.2 Å². The lowest BCUT2D eigenvalue weighted by Gasteiger charge is -2.12. The van der Waals surface area contributed by atoms with Crippen molar-refractivity contribution in [3.8, 4) is 11.5 Å². The van der Waals surface area contributed by atoms with E-state index in [1.54, 1.807) is 22.6 Å². The van der Waals surface area contributed by atoms with E-state index in [1.165, 1.54) is 13.3 Å². The van der Waals surface area contributed by atoms with Crippen molar-refractivity contribution < 1.29 is 22.6 Å². The van der Waals surface area contributed by atoms with Crippen LogP contribution in [0.25, 0.3) is 0 Å². The zero-order chi connectivity index (χ0) is 10.8. The Morgan fingerprint density at radius 2 is 2.00 bits per heavy atom. The maximum atomic E-state index is 11.9. The first-order chi connectivity index (χ1) is 6.44. The van der Waals surface area contributed by atoms with Crippen LogP contribution in [0.3, 0.4) is 0 Å². The zero-order valence-electron chi connectivity index (χ0n) is 6.93. The van der Waals surface area contributed by atoms with Crippen LogP contribution in [-0.4, -0.2) is 18.5 Å². The molecule has 0 aliphatic heterocycles. The van der Waals surface area contributed by atoms with E-state index >= 15 is 0 Å². The first kappa shape index (κ1) is 11.3. The van der Waals surface area contributed by atoms with Crippen LogP contribution in [0.1, 0.15) is 0 Å². The molecule has 0 bridgehead atoms. The highest BCUT2D eigenvalue weighted by Crippen LogP contribution is 2.34. The Kier molecular flexibility index (Phi) is 3.40. The Balaban J connectivity index is 3.02. The second-order valence-electron chi connectivity index (χ2n) is 2.20. The zero-order valence-corrected chi connectivity index (χ0v) is 9.09. The molecule has 0 atom stereocenters. The predicted octanol–water partition coefficient (Wildman–Crippen LogP) is 2.59. The van der Waals surface area contributed by atoms with Crippen molar-refractivity contribution >= 4 is 22.6 Å². The van der Waals surface area contributed by atoms with Crippen LogP contribution in [-0.2, 0) is 0 Å². The summed E-state index contributed by atoms with van der Waals surface area (Å²) in [7, 11) is 1.26. The number of nitrogens with zero attached hydrogens (tertiary/aromatic N) is 1. The topological polar surface area (TPSA) is 31.4 Å². The maximum Gasteiger partial charge on any atom is 0.573 e. The van der Waals surface area contributed by atoms with E-state index in [-0.39, 0.29) is 5.75 Å². The fourth-order valence-corrected chi connectivity index (χ4v) is 1.45. The minimum absolute atomic E-state index is 0.0259. The van der Waals surface area contributed by atoms with Crippen molar-refractivity contribution in [2.45, 2.75) is 6.36 Å². The summed E-state index contributed by atoms with van der Waals surface area (Å²) in [5, 5.41) is 0. The normalized spacial score (nSPS) is 11.2. The molecule has 0 saturated heterocycles. The van der Waals surface area contributed by atoms with Crippen molar-refractivity contribution in [2.24, 2.45) is 0 Å². The number of aromatic nitrogens is 1. The second kappa shape index (κ2) is 4.20. The molecule has 7 heteroatoms. The van der Waals surface area contributed by atoms with Gasteiger partial charge in [0.05, 0.1) is 16.9 Å². The lowest BCUT2D eigenvalue weighted by atomic mass is 10.4. The average molecular weight is 319 g/mol. The molecule has 1 rings (SSSR count). The Hall–Kier alpha value is -0.730. The smallest absolute Gasteiger partial charge is 0.492 e. The summed E-state index contributed by atoms with van der Waals surface area (Å²) < 4.78 is 44.6.